The predicted octanol–water partition coefficient (Wildman–Crippen LogP) is -0.502. The average Bonchev–Trinajstić information content (AvgIpc) is 1.87. The van der Waals surface area contributed by atoms with Crippen LogP contribution in [0.3, 0.4) is 0 Å². The average molecular weight is 130 g/mol. The lowest BCUT2D eigenvalue weighted by Crippen LogP contribution is -2.26. The first-order valence-corrected chi connectivity index (χ1v) is 3.11. The van der Waals surface area contributed by atoms with Crippen molar-refractivity contribution in [2.24, 2.45) is 17.4 Å². The summed E-state index contributed by atoms with van der Waals surface area (Å²) >= 11 is 0. The summed E-state index contributed by atoms with van der Waals surface area (Å²) in [6.45, 7) is 2.57. The summed E-state index contributed by atoms with van der Waals surface area (Å²) in [5.41, 5.74) is 10.6. The van der Waals surface area contributed by atoms with Crippen LogP contribution in [-0.2, 0) is 4.79 Å². The predicted molar refractivity (Wildman–Crippen MR) is 36.9 cm³/mol. The molecule has 0 rings (SSSR count). The van der Waals surface area contributed by atoms with Crippen LogP contribution in [-0.4, -0.2) is 18.9 Å². The van der Waals surface area contributed by atoms with Crippen molar-refractivity contribution in [2.45, 2.75) is 19.4 Å². The van der Waals surface area contributed by atoms with E-state index < -0.39 is 0 Å². The van der Waals surface area contributed by atoms with Gasteiger partial charge in [-0.1, -0.05) is 6.92 Å². The molecule has 9 heavy (non-hydrogen) atoms. The molecule has 0 bridgehead atoms. The molecular formula is C6H14N2O. The minimum Gasteiger partial charge on any atom is -0.330 e. The van der Waals surface area contributed by atoms with Gasteiger partial charge < -0.3 is 16.3 Å². The van der Waals surface area contributed by atoms with Crippen LogP contribution in [0.25, 0.3) is 0 Å². The van der Waals surface area contributed by atoms with Gasteiger partial charge in [-0.25, -0.2) is 0 Å². The summed E-state index contributed by atoms with van der Waals surface area (Å²) < 4.78 is 0. The lowest BCUT2D eigenvalue weighted by atomic mass is 10.0. The monoisotopic (exact) mass is 130 g/mol. The molecule has 2 atom stereocenters. The van der Waals surface area contributed by atoms with E-state index in [4.69, 9.17) is 11.5 Å². The number of carbonyl (C=O) groups is 1. The largest absolute Gasteiger partial charge is 0.330 e. The Kier molecular flexibility index (Phi) is 4.26. The Morgan fingerprint density at radius 2 is 2.22 bits per heavy atom. The standard InChI is InChI=1S/C6H14N2O/c1-5(3-7)2-6(8)4-9/h4-6H,2-3,7-8H2,1H3/t5?,6-/m0/s1. The van der Waals surface area contributed by atoms with E-state index in [0.717, 1.165) is 6.29 Å². The molecule has 0 aromatic heterocycles. The minimum absolute atomic E-state index is 0.330. The molecule has 0 aliphatic carbocycles. The summed E-state index contributed by atoms with van der Waals surface area (Å²) in [5, 5.41) is 0. The van der Waals surface area contributed by atoms with Crippen molar-refractivity contribution < 1.29 is 4.79 Å². The maximum absolute atomic E-state index is 9.99. The molecule has 54 valence electrons. The van der Waals surface area contributed by atoms with Crippen molar-refractivity contribution in [3.05, 3.63) is 0 Å². The molecule has 3 nitrogen and oxygen atoms in total. The van der Waals surface area contributed by atoms with E-state index in [-0.39, 0.29) is 6.04 Å². The second-order valence-corrected chi connectivity index (χ2v) is 2.38. The van der Waals surface area contributed by atoms with Gasteiger partial charge in [-0.15, -0.1) is 0 Å². The molecule has 0 amide bonds. The second kappa shape index (κ2) is 4.47. The van der Waals surface area contributed by atoms with Gasteiger partial charge in [-0.3, -0.25) is 0 Å². The molecule has 0 saturated carbocycles. The highest BCUT2D eigenvalue weighted by atomic mass is 16.1. The molecule has 0 aromatic rings. The molecule has 1 unspecified atom stereocenters. The van der Waals surface area contributed by atoms with E-state index in [1.54, 1.807) is 0 Å². The third-order valence-corrected chi connectivity index (χ3v) is 1.25. The molecular weight excluding hydrogens is 116 g/mol. The van der Waals surface area contributed by atoms with E-state index in [9.17, 15) is 4.79 Å². The quantitative estimate of drug-likeness (QED) is 0.504. The van der Waals surface area contributed by atoms with Crippen LogP contribution < -0.4 is 11.5 Å². The number of hydrogen-bond acceptors (Lipinski definition) is 3. The molecule has 4 N–H and O–H groups in total. The van der Waals surface area contributed by atoms with Gasteiger partial charge in [0.25, 0.3) is 0 Å². The van der Waals surface area contributed by atoms with Crippen LogP contribution in [0.1, 0.15) is 13.3 Å². The Labute approximate surface area is 55.4 Å². The van der Waals surface area contributed by atoms with Gasteiger partial charge in [-0.2, -0.15) is 0 Å². The van der Waals surface area contributed by atoms with E-state index in [2.05, 4.69) is 0 Å². The van der Waals surface area contributed by atoms with Gasteiger partial charge in [0.2, 0.25) is 0 Å². The maximum Gasteiger partial charge on any atom is 0.136 e. The number of rotatable bonds is 4. The summed E-state index contributed by atoms with van der Waals surface area (Å²) in [6.07, 6.45) is 1.45. The smallest absolute Gasteiger partial charge is 0.136 e. The van der Waals surface area contributed by atoms with Crippen LogP contribution in [0.15, 0.2) is 0 Å². The van der Waals surface area contributed by atoms with Crippen molar-refractivity contribution >= 4 is 6.29 Å². The lowest BCUT2D eigenvalue weighted by molar-refractivity contribution is -0.109. The Bertz CT molecular complexity index is 85.1. The van der Waals surface area contributed by atoms with Crippen LogP contribution in [0.2, 0.25) is 0 Å². The summed E-state index contributed by atoms with van der Waals surface area (Å²) in [7, 11) is 0. The Morgan fingerprint density at radius 1 is 1.67 bits per heavy atom. The second-order valence-electron chi connectivity index (χ2n) is 2.38. The topological polar surface area (TPSA) is 69.1 Å². The molecule has 3 heteroatoms. The molecule has 0 aliphatic heterocycles. The third-order valence-electron chi connectivity index (χ3n) is 1.25. The number of hydrogen-bond donors (Lipinski definition) is 2. The van der Waals surface area contributed by atoms with Gasteiger partial charge in [0, 0.05) is 0 Å². The van der Waals surface area contributed by atoms with E-state index in [1.165, 1.54) is 0 Å². The first-order valence-electron chi connectivity index (χ1n) is 3.11. The van der Waals surface area contributed by atoms with Crippen molar-refractivity contribution in [2.75, 3.05) is 6.54 Å². The van der Waals surface area contributed by atoms with Gasteiger partial charge in [0.15, 0.2) is 0 Å². The Morgan fingerprint density at radius 3 is 2.56 bits per heavy atom. The molecule has 0 aromatic carbocycles. The van der Waals surface area contributed by atoms with E-state index >= 15 is 0 Å². The van der Waals surface area contributed by atoms with Crippen LogP contribution >= 0.6 is 0 Å². The fraction of sp³-hybridized carbons (Fsp3) is 0.833. The zero-order valence-corrected chi connectivity index (χ0v) is 5.71. The highest BCUT2D eigenvalue weighted by Crippen LogP contribution is 1.99. The normalized spacial score (nSPS) is 16.8. The van der Waals surface area contributed by atoms with Crippen molar-refractivity contribution in [3.8, 4) is 0 Å². The summed E-state index contributed by atoms with van der Waals surface area (Å²) in [5.74, 6) is 0.352. The van der Waals surface area contributed by atoms with Crippen molar-refractivity contribution in [3.63, 3.8) is 0 Å². The summed E-state index contributed by atoms with van der Waals surface area (Å²) in [6, 6.07) is -0.330. The van der Waals surface area contributed by atoms with Gasteiger partial charge in [0.1, 0.15) is 6.29 Å². The summed E-state index contributed by atoms with van der Waals surface area (Å²) in [4.78, 5) is 9.99. The van der Waals surface area contributed by atoms with Gasteiger partial charge in [0.05, 0.1) is 6.04 Å². The number of aldehydes is 1. The van der Waals surface area contributed by atoms with Crippen molar-refractivity contribution in [1.29, 1.82) is 0 Å². The molecule has 0 aliphatic rings. The zero-order chi connectivity index (χ0) is 7.28. The number of nitrogens with two attached hydrogens (primary N) is 2. The van der Waals surface area contributed by atoms with E-state index in [0.29, 0.717) is 18.9 Å². The van der Waals surface area contributed by atoms with Crippen LogP contribution in [0.4, 0.5) is 0 Å². The number of carbonyl (C=O) groups excluding carboxylic acids is 1. The minimum atomic E-state index is -0.330. The Hall–Kier alpha value is -0.410. The van der Waals surface area contributed by atoms with Crippen molar-refractivity contribution in [1.82, 2.24) is 0 Å². The Balaban J connectivity index is 3.33. The molecule has 0 spiro atoms. The lowest BCUT2D eigenvalue weighted by Gasteiger charge is -2.08. The van der Waals surface area contributed by atoms with Gasteiger partial charge in [-0.05, 0) is 18.9 Å². The highest BCUT2D eigenvalue weighted by molar-refractivity contribution is 5.56. The molecule has 0 fully saturated rings. The SMILES string of the molecule is CC(CN)C[C@H](N)C=O. The first kappa shape index (κ1) is 8.59. The van der Waals surface area contributed by atoms with Crippen LogP contribution in [0.5, 0.6) is 0 Å². The molecule has 0 heterocycles. The molecule has 0 radical (unpaired) electrons. The third kappa shape index (κ3) is 4.12. The highest BCUT2D eigenvalue weighted by Gasteiger charge is 2.04. The molecule has 0 saturated heterocycles. The first-order chi connectivity index (χ1) is 4.20. The zero-order valence-electron chi connectivity index (χ0n) is 5.71. The van der Waals surface area contributed by atoms with Gasteiger partial charge >= 0.3 is 0 Å². The fourth-order valence-corrected chi connectivity index (χ4v) is 0.616. The van der Waals surface area contributed by atoms with E-state index in [1.807, 2.05) is 6.92 Å². The fourth-order valence-electron chi connectivity index (χ4n) is 0.616. The van der Waals surface area contributed by atoms with Crippen LogP contribution in [0, 0.1) is 5.92 Å². The maximum atomic E-state index is 9.99.